The molecule has 0 saturated heterocycles. The molecule has 0 aliphatic rings. The topological polar surface area (TPSA) is 80.2 Å². The third kappa shape index (κ3) is 3.65. The highest BCUT2D eigenvalue weighted by Crippen LogP contribution is 2.15. The van der Waals surface area contributed by atoms with Gasteiger partial charge in [-0.25, -0.2) is 4.98 Å². The van der Waals surface area contributed by atoms with Crippen LogP contribution in [-0.4, -0.2) is 47.2 Å². The molecule has 2 aromatic heterocycles. The Morgan fingerprint density at radius 2 is 2.10 bits per heavy atom. The molecule has 0 fully saturated rings. The van der Waals surface area contributed by atoms with E-state index in [4.69, 9.17) is 4.74 Å². The molecular formula is C14H17N5O2. The van der Waals surface area contributed by atoms with Crippen molar-refractivity contribution < 1.29 is 9.53 Å². The van der Waals surface area contributed by atoms with Crippen molar-refractivity contribution >= 4 is 11.7 Å². The maximum Gasteiger partial charge on any atom is 0.273 e. The summed E-state index contributed by atoms with van der Waals surface area (Å²) >= 11 is 0. The predicted octanol–water partition coefficient (Wildman–Crippen LogP) is 1.19. The second-order valence-corrected chi connectivity index (χ2v) is 4.53. The molecule has 2 aromatic rings. The molecule has 110 valence electrons. The number of carbonyl (C=O) groups excluding carboxylic acids is 1. The summed E-state index contributed by atoms with van der Waals surface area (Å²) in [5, 5.41) is 11.0. The predicted molar refractivity (Wildman–Crippen MR) is 78.2 cm³/mol. The van der Waals surface area contributed by atoms with E-state index >= 15 is 0 Å². The monoisotopic (exact) mass is 287 g/mol. The highest BCUT2D eigenvalue weighted by Gasteiger charge is 2.10. The van der Waals surface area contributed by atoms with Gasteiger partial charge in [-0.3, -0.25) is 4.79 Å². The van der Waals surface area contributed by atoms with Crippen LogP contribution in [0.1, 0.15) is 16.1 Å². The van der Waals surface area contributed by atoms with E-state index in [9.17, 15) is 4.79 Å². The number of pyridine rings is 1. The van der Waals surface area contributed by atoms with Gasteiger partial charge in [-0.15, -0.1) is 10.2 Å². The van der Waals surface area contributed by atoms with Gasteiger partial charge in [-0.05, 0) is 18.2 Å². The lowest BCUT2D eigenvalue weighted by Gasteiger charge is -2.10. The lowest BCUT2D eigenvalue weighted by Crippen LogP contribution is -2.23. The van der Waals surface area contributed by atoms with Gasteiger partial charge in [0, 0.05) is 32.4 Å². The molecule has 0 radical (unpaired) electrons. The Kier molecular flexibility index (Phi) is 4.65. The van der Waals surface area contributed by atoms with Gasteiger partial charge in [0.05, 0.1) is 7.11 Å². The number of nitrogens with one attached hydrogen (secondary N) is 1. The number of carbonyl (C=O) groups is 1. The number of aromatic nitrogens is 3. The van der Waals surface area contributed by atoms with E-state index in [2.05, 4.69) is 20.5 Å². The molecule has 1 amide bonds. The average Bonchev–Trinajstić information content (AvgIpc) is 2.52. The lowest BCUT2D eigenvalue weighted by atomic mass is 10.2. The van der Waals surface area contributed by atoms with Gasteiger partial charge in [0.15, 0.2) is 5.69 Å². The van der Waals surface area contributed by atoms with Crippen molar-refractivity contribution in [1.29, 1.82) is 0 Å². The molecule has 2 heterocycles. The quantitative estimate of drug-likeness (QED) is 0.890. The summed E-state index contributed by atoms with van der Waals surface area (Å²) in [7, 11) is 4.92. The number of amides is 1. The largest absolute Gasteiger partial charge is 0.481 e. The zero-order valence-corrected chi connectivity index (χ0v) is 12.2. The highest BCUT2D eigenvalue weighted by atomic mass is 16.5. The first-order valence-corrected chi connectivity index (χ1v) is 6.39. The molecule has 0 bridgehead atoms. The summed E-state index contributed by atoms with van der Waals surface area (Å²) in [6.45, 7) is 0.507. The Morgan fingerprint density at radius 1 is 1.29 bits per heavy atom. The van der Waals surface area contributed by atoms with Crippen LogP contribution in [0.2, 0.25) is 0 Å². The van der Waals surface area contributed by atoms with Gasteiger partial charge in [-0.2, -0.15) is 0 Å². The lowest BCUT2D eigenvalue weighted by molar-refractivity contribution is 0.0821. The van der Waals surface area contributed by atoms with Crippen molar-refractivity contribution in [2.24, 2.45) is 0 Å². The van der Waals surface area contributed by atoms with Crippen molar-refractivity contribution in [2.45, 2.75) is 6.54 Å². The fraction of sp³-hybridized carbons (Fsp3) is 0.286. The van der Waals surface area contributed by atoms with E-state index < -0.39 is 0 Å². The molecule has 0 unspecified atom stereocenters. The van der Waals surface area contributed by atoms with Crippen LogP contribution >= 0.6 is 0 Å². The van der Waals surface area contributed by atoms with Crippen LogP contribution in [0.25, 0.3) is 0 Å². The number of hydrogen-bond acceptors (Lipinski definition) is 6. The van der Waals surface area contributed by atoms with Crippen molar-refractivity contribution in [2.75, 3.05) is 26.5 Å². The minimum atomic E-state index is -0.178. The summed E-state index contributed by atoms with van der Waals surface area (Å²) < 4.78 is 5.17. The average molecular weight is 287 g/mol. The van der Waals surface area contributed by atoms with E-state index in [0.717, 1.165) is 5.56 Å². The van der Waals surface area contributed by atoms with Crippen LogP contribution in [0, 0.1) is 0 Å². The van der Waals surface area contributed by atoms with Crippen LogP contribution < -0.4 is 10.1 Å². The highest BCUT2D eigenvalue weighted by molar-refractivity contribution is 5.91. The van der Waals surface area contributed by atoms with Gasteiger partial charge in [0.1, 0.15) is 5.82 Å². The Morgan fingerprint density at radius 3 is 2.71 bits per heavy atom. The fourth-order valence-electron chi connectivity index (χ4n) is 1.70. The number of ether oxygens (including phenoxy) is 1. The standard InChI is InChI=1S/C14H17N5O2/c1-19(2)14(20)11-6-7-12(18-17-11)16-9-10-5-4-8-15-13(10)21-3/h4-8H,9H2,1-3H3,(H,16,18). The summed E-state index contributed by atoms with van der Waals surface area (Å²) in [6, 6.07) is 7.10. The normalized spacial score (nSPS) is 10.0. The molecule has 0 saturated carbocycles. The summed E-state index contributed by atoms with van der Waals surface area (Å²) in [5.74, 6) is 0.969. The molecule has 0 aliphatic heterocycles. The van der Waals surface area contributed by atoms with Gasteiger partial charge in [0.25, 0.3) is 5.91 Å². The smallest absolute Gasteiger partial charge is 0.273 e. The van der Waals surface area contributed by atoms with E-state index in [0.29, 0.717) is 23.9 Å². The van der Waals surface area contributed by atoms with Gasteiger partial charge in [-0.1, -0.05) is 6.07 Å². The minimum Gasteiger partial charge on any atom is -0.481 e. The number of nitrogens with zero attached hydrogens (tertiary/aromatic N) is 4. The first kappa shape index (κ1) is 14.7. The second-order valence-electron chi connectivity index (χ2n) is 4.53. The van der Waals surface area contributed by atoms with Crippen LogP contribution in [0.15, 0.2) is 30.5 Å². The molecule has 0 aromatic carbocycles. The van der Waals surface area contributed by atoms with Crippen LogP contribution in [-0.2, 0) is 6.54 Å². The van der Waals surface area contributed by atoms with E-state index in [1.165, 1.54) is 4.90 Å². The van der Waals surface area contributed by atoms with E-state index in [-0.39, 0.29) is 5.91 Å². The van der Waals surface area contributed by atoms with Crippen LogP contribution in [0.5, 0.6) is 5.88 Å². The van der Waals surface area contributed by atoms with Crippen molar-refractivity contribution in [3.63, 3.8) is 0 Å². The molecule has 7 heteroatoms. The summed E-state index contributed by atoms with van der Waals surface area (Å²) in [5.41, 5.74) is 1.22. The molecule has 7 nitrogen and oxygen atoms in total. The number of methoxy groups -OCH3 is 1. The molecule has 0 atom stereocenters. The Balaban J connectivity index is 2.02. The van der Waals surface area contributed by atoms with Crippen molar-refractivity contribution in [1.82, 2.24) is 20.1 Å². The molecule has 0 spiro atoms. The maximum atomic E-state index is 11.7. The van der Waals surface area contributed by atoms with Gasteiger partial charge < -0.3 is 15.0 Å². The third-order valence-corrected chi connectivity index (χ3v) is 2.79. The van der Waals surface area contributed by atoms with Gasteiger partial charge >= 0.3 is 0 Å². The SMILES string of the molecule is COc1ncccc1CNc1ccc(C(=O)N(C)C)nn1. The molecule has 0 aliphatic carbocycles. The third-order valence-electron chi connectivity index (χ3n) is 2.79. The fourth-order valence-corrected chi connectivity index (χ4v) is 1.70. The maximum absolute atomic E-state index is 11.7. The zero-order valence-electron chi connectivity index (χ0n) is 12.2. The summed E-state index contributed by atoms with van der Waals surface area (Å²) in [6.07, 6.45) is 1.67. The van der Waals surface area contributed by atoms with Crippen molar-refractivity contribution in [3.05, 3.63) is 41.7 Å². The van der Waals surface area contributed by atoms with E-state index in [1.54, 1.807) is 39.5 Å². The number of rotatable bonds is 5. The minimum absolute atomic E-state index is 0.178. The number of hydrogen-bond donors (Lipinski definition) is 1. The zero-order chi connectivity index (χ0) is 15.2. The molecule has 21 heavy (non-hydrogen) atoms. The van der Waals surface area contributed by atoms with Crippen LogP contribution in [0.3, 0.4) is 0 Å². The Hall–Kier alpha value is -2.70. The Bertz CT molecular complexity index is 613. The summed E-state index contributed by atoms with van der Waals surface area (Å²) in [4.78, 5) is 17.3. The second kappa shape index (κ2) is 6.65. The molecule has 2 rings (SSSR count). The van der Waals surface area contributed by atoms with Crippen molar-refractivity contribution in [3.8, 4) is 5.88 Å². The first-order valence-electron chi connectivity index (χ1n) is 6.39. The van der Waals surface area contributed by atoms with Gasteiger partial charge in [0.2, 0.25) is 5.88 Å². The molecular weight excluding hydrogens is 270 g/mol. The first-order chi connectivity index (χ1) is 10.1. The molecule has 1 N–H and O–H groups in total. The Labute approximate surface area is 123 Å². The van der Waals surface area contributed by atoms with E-state index in [1.807, 2.05) is 12.1 Å². The van der Waals surface area contributed by atoms with Crippen LogP contribution in [0.4, 0.5) is 5.82 Å². The number of anilines is 1.